The van der Waals surface area contributed by atoms with Gasteiger partial charge in [0.25, 0.3) is 0 Å². The highest BCUT2D eigenvalue weighted by atomic mass is 79.9. The zero-order valence-corrected chi connectivity index (χ0v) is 6.14. The fraction of sp³-hybridized carbons (Fsp3) is 0.250. The molecule has 4 heteroatoms. The van der Waals surface area contributed by atoms with Crippen LogP contribution in [0.1, 0.15) is 0 Å². The fourth-order valence-corrected chi connectivity index (χ4v) is 0.164. The molecule has 0 heterocycles. The first kappa shape index (κ1) is 10.6. The van der Waals surface area contributed by atoms with Gasteiger partial charge in [-0.1, -0.05) is 6.58 Å². The largest absolute Gasteiger partial charge is 1.00 e. The molecule has 0 radical (unpaired) electrons. The molecule has 0 spiro atoms. The lowest BCUT2D eigenvalue weighted by Gasteiger charge is -1.86. The summed E-state index contributed by atoms with van der Waals surface area (Å²) < 4.78 is 0. The standard InChI is InChI=1S/C4H7NO2.BrH/c1-3-4(6)7-5-2;/h3,5H,1H2,2H3;1H. The van der Waals surface area contributed by atoms with Crippen molar-refractivity contribution in [2.45, 2.75) is 0 Å². The Kier molecular flexibility index (Phi) is 8.81. The van der Waals surface area contributed by atoms with Gasteiger partial charge >= 0.3 is 5.97 Å². The lowest BCUT2D eigenvalue weighted by molar-refractivity contribution is -0.852. The highest BCUT2D eigenvalue weighted by Gasteiger charge is 1.90. The van der Waals surface area contributed by atoms with Crippen molar-refractivity contribution in [1.82, 2.24) is 0 Å². The first-order valence-corrected chi connectivity index (χ1v) is 1.92. The molecule has 0 saturated heterocycles. The monoisotopic (exact) mass is 181 g/mol. The molecule has 0 aliphatic carbocycles. The van der Waals surface area contributed by atoms with Crippen LogP contribution < -0.4 is 22.5 Å². The Bertz CT molecular complexity index is 84.1. The van der Waals surface area contributed by atoms with Crippen molar-refractivity contribution < 1.29 is 32.1 Å². The Labute approximate surface area is 58.4 Å². The number of carbonyl (C=O) groups is 1. The molecular formula is C4H8BrNO2. The first-order chi connectivity index (χ1) is 3.31. The molecule has 0 aromatic heterocycles. The molecular weight excluding hydrogens is 174 g/mol. The molecule has 0 saturated carbocycles. The molecule has 0 fully saturated rings. The van der Waals surface area contributed by atoms with Crippen LogP contribution in [0.4, 0.5) is 0 Å². The van der Waals surface area contributed by atoms with E-state index in [2.05, 4.69) is 11.4 Å². The smallest absolute Gasteiger partial charge is 0.389 e. The molecule has 2 N–H and O–H groups in total. The molecule has 0 aliphatic rings. The Hall–Kier alpha value is -0.350. The van der Waals surface area contributed by atoms with Crippen molar-refractivity contribution in [3.05, 3.63) is 12.7 Å². The molecule has 8 heavy (non-hydrogen) atoms. The topological polar surface area (TPSA) is 42.9 Å². The molecule has 3 nitrogen and oxygen atoms in total. The number of nitrogens with two attached hydrogens (primary N) is 1. The van der Waals surface area contributed by atoms with Crippen LogP contribution in [0, 0.1) is 0 Å². The Morgan fingerprint density at radius 2 is 2.38 bits per heavy atom. The molecule has 0 rings (SSSR count). The summed E-state index contributed by atoms with van der Waals surface area (Å²) in [6.45, 7) is 3.18. The zero-order valence-electron chi connectivity index (χ0n) is 4.56. The summed E-state index contributed by atoms with van der Waals surface area (Å²) >= 11 is 0. The molecule has 0 atom stereocenters. The third-order valence-electron chi connectivity index (χ3n) is 0.401. The Morgan fingerprint density at radius 1 is 1.88 bits per heavy atom. The van der Waals surface area contributed by atoms with Gasteiger partial charge in [0.2, 0.25) is 0 Å². The third-order valence-corrected chi connectivity index (χ3v) is 0.401. The van der Waals surface area contributed by atoms with Crippen molar-refractivity contribution in [2.75, 3.05) is 7.05 Å². The predicted octanol–water partition coefficient (Wildman–Crippen LogP) is -4.17. The number of hydrogen-bond donors (Lipinski definition) is 1. The minimum Gasteiger partial charge on any atom is -1.00 e. The summed E-state index contributed by atoms with van der Waals surface area (Å²) in [5.74, 6) is -0.414. The van der Waals surface area contributed by atoms with E-state index < -0.39 is 5.97 Å². The van der Waals surface area contributed by atoms with E-state index in [9.17, 15) is 4.79 Å². The molecule has 48 valence electrons. The second-order valence-corrected chi connectivity index (χ2v) is 0.877. The van der Waals surface area contributed by atoms with Gasteiger partial charge in [-0.05, 0) is 0 Å². The molecule has 0 bridgehead atoms. The van der Waals surface area contributed by atoms with Gasteiger partial charge in [0.15, 0.2) is 0 Å². The molecule has 0 aromatic rings. The maximum Gasteiger partial charge on any atom is 0.389 e. The van der Waals surface area contributed by atoms with E-state index in [1.165, 1.54) is 5.48 Å². The van der Waals surface area contributed by atoms with Gasteiger partial charge < -0.3 is 17.0 Å². The quantitative estimate of drug-likeness (QED) is 0.348. The summed E-state index contributed by atoms with van der Waals surface area (Å²) in [6.07, 6.45) is 1.11. The predicted molar refractivity (Wildman–Crippen MR) is 24.1 cm³/mol. The molecule has 0 amide bonds. The van der Waals surface area contributed by atoms with Gasteiger partial charge in [-0.2, -0.15) is 5.48 Å². The van der Waals surface area contributed by atoms with Crippen LogP contribution >= 0.6 is 0 Å². The highest BCUT2D eigenvalue weighted by Crippen LogP contribution is 1.63. The van der Waals surface area contributed by atoms with Crippen molar-refractivity contribution in [1.29, 1.82) is 0 Å². The summed E-state index contributed by atoms with van der Waals surface area (Å²) in [4.78, 5) is 14.3. The number of hydrogen-bond acceptors (Lipinski definition) is 2. The van der Waals surface area contributed by atoms with Crippen LogP contribution in [0.3, 0.4) is 0 Å². The number of hydroxylamine groups is 1. The lowest BCUT2D eigenvalue weighted by Crippen LogP contribution is -3.00. The van der Waals surface area contributed by atoms with Gasteiger partial charge in [-0.15, -0.1) is 0 Å². The lowest BCUT2D eigenvalue weighted by atomic mass is 10.7. The van der Waals surface area contributed by atoms with Gasteiger partial charge in [0.1, 0.15) is 7.05 Å². The van der Waals surface area contributed by atoms with Gasteiger partial charge in [-0.3, -0.25) is 4.84 Å². The minimum atomic E-state index is -0.414. The van der Waals surface area contributed by atoms with Gasteiger partial charge in [-0.25, -0.2) is 4.79 Å². The highest BCUT2D eigenvalue weighted by molar-refractivity contribution is 5.80. The van der Waals surface area contributed by atoms with Crippen LogP contribution in [0.5, 0.6) is 0 Å². The van der Waals surface area contributed by atoms with Crippen molar-refractivity contribution in [2.24, 2.45) is 0 Å². The normalized spacial score (nSPS) is 6.62. The van der Waals surface area contributed by atoms with Crippen molar-refractivity contribution in [3.8, 4) is 0 Å². The van der Waals surface area contributed by atoms with Crippen LogP contribution in [-0.2, 0) is 9.63 Å². The van der Waals surface area contributed by atoms with Gasteiger partial charge in [0.05, 0.1) is 0 Å². The summed E-state index contributed by atoms with van der Waals surface area (Å²) in [7, 11) is 1.63. The van der Waals surface area contributed by atoms with Crippen LogP contribution in [0.15, 0.2) is 12.7 Å². The van der Waals surface area contributed by atoms with Gasteiger partial charge in [0, 0.05) is 6.08 Å². The van der Waals surface area contributed by atoms with E-state index in [-0.39, 0.29) is 17.0 Å². The second-order valence-electron chi connectivity index (χ2n) is 0.877. The first-order valence-electron chi connectivity index (χ1n) is 1.92. The van der Waals surface area contributed by atoms with Crippen LogP contribution in [0.2, 0.25) is 0 Å². The summed E-state index contributed by atoms with van der Waals surface area (Å²) in [6, 6.07) is 0. The molecule has 0 unspecified atom stereocenters. The zero-order chi connectivity index (χ0) is 5.70. The number of carbonyl (C=O) groups excluding carboxylic acids is 1. The molecule has 0 aromatic carbocycles. The third kappa shape index (κ3) is 5.65. The number of rotatable bonds is 2. The SMILES string of the molecule is C=CC(=O)O[NH2+]C.[Br-]. The molecule has 0 aliphatic heterocycles. The average molecular weight is 182 g/mol. The van der Waals surface area contributed by atoms with Crippen LogP contribution in [0.25, 0.3) is 0 Å². The summed E-state index contributed by atoms with van der Waals surface area (Å²) in [5, 5.41) is 0. The minimum absolute atomic E-state index is 0. The van der Waals surface area contributed by atoms with E-state index in [0.29, 0.717) is 0 Å². The second kappa shape index (κ2) is 6.65. The Balaban J connectivity index is 0. The average Bonchev–Trinajstić information content (AvgIpc) is 1.68. The Morgan fingerprint density at radius 3 is 2.50 bits per heavy atom. The fourth-order valence-electron chi connectivity index (χ4n) is 0.164. The maximum absolute atomic E-state index is 10.0. The van der Waals surface area contributed by atoms with E-state index in [1.807, 2.05) is 0 Å². The van der Waals surface area contributed by atoms with E-state index >= 15 is 0 Å². The van der Waals surface area contributed by atoms with E-state index in [1.54, 1.807) is 7.05 Å². The summed E-state index contributed by atoms with van der Waals surface area (Å²) in [5.41, 5.74) is 1.31. The number of halogens is 1. The van der Waals surface area contributed by atoms with Crippen LogP contribution in [-0.4, -0.2) is 13.0 Å². The number of quaternary nitrogens is 1. The van der Waals surface area contributed by atoms with Crippen molar-refractivity contribution in [3.63, 3.8) is 0 Å². The van der Waals surface area contributed by atoms with E-state index in [0.717, 1.165) is 6.08 Å². The maximum atomic E-state index is 10.0. The van der Waals surface area contributed by atoms with E-state index in [4.69, 9.17) is 0 Å². The van der Waals surface area contributed by atoms with Crippen molar-refractivity contribution >= 4 is 5.97 Å².